The first-order valence-electron chi connectivity index (χ1n) is 14.9. The third-order valence-electron chi connectivity index (χ3n) is 7.45. The third kappa shape index (κ3) is 7.77. The Morgan fingerprint density at radius 1 is 0.977 bits per heavy atom. The molecule has 1 aliphatic heterocycles. The van der Waals surface area contributed by atoms with Gasteiger partial charge in [0.1, 0.15) is 5.00 Å². The van der Waals surface area contributed by atoms with Crippen molar-refractivity contribution in [3.05, 3.63) is 112 Å². The van der Waals surface area contributed by atoms with Gasteiger partial charge in [0.05, 0.1) is 17.4 Å². The molecule has 4 aromatic rings. The van der Waals surface area contributed by atoms with Gasteiger partial charge in [0, 0.05) is 40.7 Å². The highest BCUT2D eigenvalue weighted by Crippen LogP contribution is 2.39. The SMILES string of the molecule is CCOC(=O)c1c(NC(=O)C(CC)Sc2cccc(NC(=O)c3ccc(C)cc3)c2)sc2c1CCN(Cc1ccccc1)C2. The molecule has 9 heteroatoms. The van der Waals surface area contributed by atoms with Gasteiger partial charge in [-0.05, 0) is 68.1 Å². The van der Waals surface area contributed by atoms with Gasteiger partial charge in [0.25, 0.3) is 5.91 Å². The van der Waals surface area contributed by atoms with E-state index < -0.39 is 11.2 Å². The number of esters is 1. The Bertz CT molecular complexity index is 1620. The van der Waals surface area contributed by atoms with E-state index in [4.69, 9.17) is 4.74 Å². The monoisotopic (exact) mass is 627 g/mol. The number of thiophene rings is 1. The van der Waals surface area contributed by atoms with E-state index in [9.17, 15) is 14.4 Å². The number of anilines is 2. The molecule has 0 spiro atoms. The second-order valence-corrected chi connectivity index (χ2v) is 13.1. The topological polar surface area (TPSA) is 87.7 Å². The highest BCUT2D eigenvalue weighted by molar-refractivity contribution is 8.00. The van der Waals surface area contributed by atoms with E-state index in [-0.39, 0.29) is 18.4 Å². The van der Waals surface area contributed by atoms with Crippen LogP contribution in [0.5, 0.6) is 0 Å². The van der Waals surface area contributed by atoms with E-state index in [1.165, 1.54) is 28.7 Å². The molecule has 0 aliphatic carbocycles. The van der Waals surface area contributed by atoms with Crippen LogP contribution >= 0.6 is 23.1 Å². The van der Waals surface area contributed by atoms with E-state index >= 15 is 0 Å². The number of thioether (sulfide) groups is 1. The molecule has 228 valence electrons. The van der Waals surface area contributed by atoms with Gasteiger partial charge in [-0.15, -0.1) is 23.1 Å². The molecule has 0 bridgehead atoms. The number of nitrogens with zero attached hydrogens (tertiary/aromatic N) is 1. The van der Waals surface area contributed by atoms with Gasteiger partial charge >= 0.3 is 5.97 Å². The Labute approximate surface area is 267 Å². The minimum Gasteiger partial charge on any atom is -0.462 e. The van der Waals surface area contributed by atoms with Crippen LogP contribution in [0.25, 0.3) is 0 Å². The first-order valence-corrected chi connectivity index (χ1v) is 16.6. The number of benzene rings is 3. The summed E-state index contributed by atoms with van der Waals surface area (Å²) in [6.45, 7) is 8.36. The van der Waals surface area contributed by atoms with Gasteiger partial charge in [0.15, 0.2) is 0 Å². The van der Waals surface area contributed by atoms with E-state index in [2.05, 4.69) is 27.7 Å². The van der Waals surface area contributed by atoms with Crippen LogP contribution < -0.4 is 10.6 Å². The van der Waals surface area contributed by atoms with E-state index in [1.807, 2.05) is 68.4 Å². The summed E-state index contributed by atoms with van der Waals surface area (Å²) in [6, 6.07) is 25.3. The Balaban J connectivity index is 1.29. The van der Waals surface area contributed by atoms with Crippen LogP contribution in [-0.4, -0.2) is 41.1 Å². The Morgan fingerprint density at radius 2 is 1.75 bits per heavy atom. The lowest BCUT2D eigenvalue weighted by atomic mass is 10.0. The van der Waals surface area contributed by atoms with Gasteiger partial charge in [0.2, 0.25) is 5.91 Å². The van der Waals surface area contributed by atoms with Crippen molar-refractivity contribution < 1.29 is 19.1 Å². The van der Waals surface area contributed by atoms with Crippen molar-refractivity contribution in [3.63, 3.8) is 0 Å². The number of hydrogen-bond acceptors (Lipinski definition) is 7. The van der Waals surface area contributed by atoms with Crippen molar-refractivity contribution in [1.82, 2.24) is 4.90 Å². The molecule has 1 aliphatic rings. The summed E-state index contributed by atoms with van der Waals surface area (Å²) in [5.41, 5.74) is 5.04. The number of ether oxygens (including phenoxy) is 1. The molecule has 1 unspecified atom stereocenters. The zero-order valence-electron chi connectivity index (χ0n) is 25.2. The maximum Gasteiger partial charge on any atom is 0.341 e. The van der Waals surface area contributed by atoms with Gasteiger partial charge < -0.3 is 15.4 Å². The molecule has 0 fully saturated rings. The summed E-state index contributed by atoms with van der Waals surface area (Å²) >= 11 is 2.90. The minimum atomic E-state index is -0.401. The first kappa shape index (κ1) is 31.5. The van der Waals surface area contributed by atoms with Crippen LogP contribution in [0.3, 0.4) is 0 Å². The zero-order chi connectivity index (χ0) is 31.1. The molecule has 5 rings (SSSR count). The smallest absolute Gasteiger partial charge is 0.341 e. The highest BCUT2D eigenvalue weighted by Gasteiger charge is 2.31. The average Bonchev–Trinajstić information content (AvgIpc) is 3.38. The predicted octanol–water partition coefficient (Wildman–Crippen LogP) is 7.55. The number of carbonyl (C=O) groups excluding carboxylic acids is 3. The number of hydrogen-bond donors (Lipinski definition) is 2. The molecular weight excluding hydrogens is 591 g/mol. The highest BCUT2D eigenvalue weighted by atomic mass is 32.2. The standard InChI is InChI=1S/C35H37N3O4S2/c1-4-29(43-27-13-9-12-26(20-27)36-32(39)25-16-14-23(3)15-17-25)33(40)37-34-31(35(41)42-5-2)28-18-19-38(22-30(28)44-34)21-24-10-7-6-8-11-24/h6-17,20,29H,4-5,18-19,21-22H2,1-3H3,(H,36,39)(H,37,40). The Hall–Kier alpha value is -3.92. The summed E-state index contributed by atoms with van der Waals surface area (Å²) in [4.78, 5) is 43.8. The van der Waals surface area contributed by atoms with Crippen molar-refractivity contribution in [1.29, 1.82) is 0 Å². The molecule has 3 aromatic carbocycles. The molecule has 2 amide bonds. The molecule has 44 heavy (non-hydrogen) atoms. The molecule has 0 saturated carbocycles. The van der Waals surface area contributed by atoms with Crippen molar-refractivity contribution in [2.45, 2.75) is 56.8 Å². The lowest BCUT2D eigenvalue weighted by molar-refractivity contribution is -0.115. The van der Waals surface area contributed by atoms with Crippen LogP contribution in [0.4, 0.5) is 10.7 Å². The third-order valence-corrected chi connectivity index (χ3v) is 9.94. The maximum atomic E-state index is 13.6. The fourth-order valence-corrected chi connectivity index (χ4v) is 7.47. The molecule has 1 aromatic heterocycles. The fraction of sp³-hybridized carbons (Fsp3) is 0.286. The van der Waals surface area contributed by atoms with Crippen molar-refractivity contribution in [2.24, 2.45) is 0 Å². The Morgan fingerprint density at radius 3 is 2.48 bits per heavy atom. The van der Waals surface area contributed by atoms with Gasteiger partial charge in [-0.2, -0.15) is 0 Å². The number of amides is 2. The second kappa shape index (κ2) is 14.7. The van der Waals surface area contributed by atoms with E-state index in [0.29, 0.717) is 34.8 Å². The number of fused-ring (bicyclic) bond motifs is 1. The molecule has 2 heterocycles. The Kier molecular flexibility index (Phi) is 10.5. The van der Waals surface area contributed by atoms with Gasteiger partial charge in [-0.1, -0.05) is 61.0 Å². The van der Waals surface area contributed by atoms with Crippen molar-refractivity contribution >= 4 is 51.6 Å². The molecule has 7 nitrogen and oxygen atoms in total. The average molecular weight is 628 g/mol. The van der Waals surface area contributed by atoms with Crippen LogP contribution in [0.2, 0.25) is 0 Å². The fourth-order valence-electron chi connectivity index (χ4n) is 5.17. The maximum absolute atomic E-state index is 13.6. The second-order valence-electron chi connectivity index (χ2n) is 10.7. The number of nitrogens with one attached hydrogen (secondary N) is 2. The van der Waals surface area contributed by atoms with E-state index in [1.54, 1.807) is 19.1 Å². The number of carbonyl (C=O) groups is 3. The van der Waals surface area contributed by atoms with Crippen LogP contribution in [0, 0.1) is 6.92 Å². The summed E-state index contributed by atoms with van der Waals surface area (Å²) in [5, 5.41) is 6.19. The molecule has 1 atom stereocenters. The van der Waals surface area contributed by atoms with Crippen LogP contribution in [-0.2, 0) is 29.0 Å². The summed E-state index contributed by atoms with van der Waals surface area (Å²) in [5.74, 6) is -0.751. The minimum absolute atomic E-state index is 0.170. The summed E-state index contributed by atoms with van der Waals surface area (Å²) < 4.78 is 5.43. The molecule has 2 N–H and O–H groups in total. The normalized spacial score (nSPS) is 13.5. The lowest BCUT2D eigenvalue weighted by Gasteiger charge is -2.27. The molecule has 0 saturated heterocycles. The largest absolute Gasteiger partial charge is 0.462 e. The number of aryl methyl sites for hydroxylation is 1. The van der Waals surface area contributed by atoms with Crippen molar-refractivity contribution in [2.75, 3.05) is 23.8 Å². The van der Waals surface area contributed by atoms with Gasteiger partial charge in [-0.25, -0.2) is 4.79 Å². The predicted molar refractivity (Wildman–Crippen MR) is 179 cm³/mol. The number of rotatable bonds is 11. The van der Waals surface area contributed by atoms with Crippen LogP contribution in [0.15, 0.2) is 83.8 Å². The summed E-state index contributed by atoms with van der Waals surface area (Å²) in [6.07, 6.45) is 1.30. The first-order chi connectivity index (χ1) is 21.3. The van der Waals surface area contributed by atoms with Crippen LogP contribution in [0.1, 0.15) is 62.6 Å². The van der Waals surface area contributed by atoms with Gasteiger partial charge in [-0.3, -0.25) is 14.5 Å². The quantitative estimate of drug-likeness (QED) is 0.132. The molecular formula is C35H37N3O4S2. The lowest BCUT2D eigenvalue weighted by Crippen LogP contribution is -2.30. The summed E-state index contributed by atoms with van der Waals surface area (Å²) in [7, 11) is 0. The zero-order valence-corrected chi connectivity index (χ0v) is 26.9. The van der Waals surface area contributed by atoms with E-state index in [0.717, 1.165) is 40.4 Å². The van der Waals surface area contributed by atoms with Crippen molar-refractivity contribution in [3.8, 4) is 0 Å². The molecule has 0 radical (unpaired) electrons.